The zero-order chi connectivity index (χ0) is 19.4. The highest BCUT2D eigenvalue weighted by Crippen LogP contribution is 2.40. The second-order valence-electron chi connectivity index (χ2n) is 9.33. The molecule has 1 amide bonds. The fourth-order valence-electron chi connectivity index (χ4n) is 5.67. The molecule has 5 heteroatoms. The van der Waals surface area contributed by atoms with Gasteiger partial charge in [-0.05, 0) is 56.8 Å². The number of piperidine rings is 1. The summed E-state index contributed by atoms with van der Waals surface area (Å²) in [5.74, 6) is 1.88. The second kappa shape index (κ2) is 8.81. The lowest BCUT2D eigenvalue weighted by atomic mass is 9.79. The average molecular weight is 385 g/mol. The SMILES string of the molecule is CNc1cc(C(=O)N2CC[C@@]3(CCCN(CCC4CCCCC4)C3)C2)ccn1. The van der Waals surface area contributed by atoms with Gasteiger partial charge in [-0.15, -0.1) is 0 Å². The zero-order valence-corrected chi connectivity index (χ0v) is 17.5. The van der Waals surface area contributed by atoms with Gasteiger partial charge < -0.3 is 15.1 Å². The summed E-state index contributed by atoms with van der Waals surface area (Å²) in [4.78, 5) is 22.0. The summed E-state index contributed by atoms with van der Waals surface area (Å²) >= 11 is 0. The summed E-state index contributed by atoms with van der Waals surface area (Å²) < 4.78 is 0. The number of rotatable bonds is 5. The maximum absolute atomic E-state index is 13.0. The van der Waals surface area contributed by atoms with Gasteiger partial charge >= 0.3 is 0 Å². The minimum Gasteiger partial charge on any atom is -0.373 e. The number of nitrogens with one attached hydrogen (secondary N) is 1. The van der Waals surface area contributed by atoms with Crippen molar-refractivity contribution >= 4 is 11.7 Å². The van der Waals surface area contributed by atoms with Crippen LogP contribution in [0.3, 0.4) is 0 Å². The van der Waals surface area contributed by atoms with Crippen LogP contribution in [0.5, 0.6) is 0 Å². The molecule has 0 aromatic carbocycles. The average Bonchev–Trinajstić information content (AvgIpc) is 3.15. The Bertz CT molecular complexity index is 672. The van der Waals surface area contributed by atoms with E-state index in [0.29, 0.717) is 5.41 Å². The van der Waals surface area contributed by atoms with Gasteiger partial charge in [0.05, 0.1) is 0 Å². The molecule has 1 saturated carbocycles. The summed E-state index contributed by atoms with van der Waals surface area (Å²) in [5.41, 5.74) is 1.07. The number of anilines is 1. The Labute approximate surface area is 169 Å². The Morgan fingerprint density at radius 2 is 2.04 bits per heavy atom. The molecule has 0 unspecified atom stereocenters. The van der Waals surface area contributed by atoms with Crippen LogP contribution in [0.4, 0.5) is 5.82 Å². The molecule has 1 aliphatic carbocycles. The lowest BCUT2D eigenvalue weighted by Gasteiger charge is -2.41. The van der Waals surface area contributed by atoms with Gasteiger partial charge in [0.15, 0.2) is 0 Å². The summed E-state index contributed by atoms with van der Waals surface area (Å²) in [7, 11) is 1.84. The van der Waals surface area contributed by atoms with Crippen molar-refractivity contribution in [2.45, 2.75) is 57.8 Å². The number of pyridine rings is 1. The second-order valence-corrected chi connectivity index (χ2v) is 9.33. The van der Waals surface area contributed by atoms with E-state index in [2.05, 4.69) is 20.1 Å². The number of amides is 1. The highest BCUT2D eigenvalue weighted by Gasteiger charge is 2.42. The van der Waals surface area contributed by atoms with Crippen LogP contribution >= 0.6 is 0 Å². The van der Waals surface area contributed by atoms with Crippen LogP contribution in [0.1, 0.15) is 68.1 Å². The first kappa shape index (κ1) is 19.7. The predicted octanol–water partition coefficient (Wildman–Crippen LogP) is 4.02. The molecule has 5 nitrogen and oxygen atoms in total. The molecule has 28 heavy (non-hydrogen) atoms. The van der Waals surface area contributed by atoms with Crippen LogP contribution in [0.25, 0.3) is 0 Å². The van der Waals surface area contributed by atoms with Crippen LogP contribution in [0.15, 0.2) is 18.3 Å². The van der Waals surface area contributed by atoms with Crippen LogP contribution in [0.2, 0.25) is 0 Å². The first-order valence-electron chi connectivity index (χ1n) is 11.3. The molecule has 3 heterocycles. The molecule has 3 aliphatic rings. The molecule has 1 aromatic rings. The third-order valence-electron chi connectivity index (χ3n) is 7.31. The normalized spacial score (nSPS) is 26.7. The van der Waals surface area contributed by atoms with Crippen molar-refractivity contribution in [2.75, 3.05) is 45.1 Å². The van der Waals surface area contributed by atoms with E-state index in [1.165, 1.54) is 71.0 Å². The van der Waals surface area contributed by atoms with Crippen molar-refractivity contribution < 1.29 is 4.79 Å². The molecule has 0 radical (unpaired) electrons. The van der Waals surface area contributed by atoms with Gasteiger partial charge in [-0.2, -0.15) is 0 Å². The molecule has 2 aliphatic heterocycles. The highest BCUT2D eigenvalue weighted by atomic mass is 16.2. The molecular formula is C23H36N4O. The molecule has 154 valence electrons. The van der Waals surface area contributed by atoms with Crippen molar-refractivity contribution in [3.8, 4) is 0 Å². The van der Waals surface area contributed by atoms with Crippen LogP contribution < -0.4 is 5.32 Å². The number of likely N-dealkylation sites (tertiary alicyclic amines) is 2. The van der Waals surface area contributed by atoms with Gasteiger partial charge in [-0.3, -0.25) is 4.79 Å². The van der Waals surface area contributed by atoms with Gasteiger partial charge in [0, 0.05) is 43.9 Å². The smallest absolute Gasteiger partial charge is 0.254 e. The zero-order valence-electron chi connectivity index (χ0n) is 17.5. The summed E-state index contributed by atoms with van der Waals surface area (Å²) in [6.45, 7) is 5.51. The Kier molecular flexibility index (Phi) is 6.19. The van der Waals surface area contributed by atoms with Crippen LogP contribution in [-0.2, 0) is 0 Å². The summed E-state index contributed by atoms with van der Waals surface area (Å²) in [6.07, 6.45) is 14.0. The Morgan fingerprint density at radius 1 is 1.18 bits per heavy atom. The third kappa shape index (κ3) is 4.51. The van der Waals surface area contributed by atoms with Crippen LogP contribution in [-0.4, -0.2) is 60.5 Å². The number of nitrogens with zero attached hydrogens (tertiary/aromatic N) is 3. The van der Waals surface area contributed by atoms with E-state index >= 15 is 0 Å². The third-order valence-corrected chi connectivity index (χ3v) is 7.31. The molecule has 1 aromatic heterocycles. The minimum atomic E-state index is 0.162. The van der Waals surface area contributed by atoms with E-state index in [-0.39, 0.29) is 5.91 Å². The Balaban J connectivity index is 1.33. The monoisotopic (exact) mass is 384 g/mol. The van der Waals surface area contributed by atoms with E-state index in [9.17, 15) is 4.79 Å². The predicted molar refractivity (Wildman–Crippen MR) is 114 cm³/mol. The van der Waals surface area contributed by atoms with Crippen molar-refractivity contribution in [2.24, 2.45) is 11.3 Å². The summed E-state index contributed by atoms with van der Waals surface area (Å²) in [5, 5.41) is 3.03. The largest absolute Gasteiger partial charge is 0.373 e. The number of carbonyl (C=O) groups excluding carboxylic acids is 1. The molecule has 2 saturated heterocycles. The van der Waals surface area contributed by atoms with Crippen LogP contribution in [0, 0.1) is 11.3 Å². The summed E-state index contributed by atoms with van der Waals surface area (Å²) in [6, 6.07) is 3.70. The first-order chi connectivity index (χ1) is 13.7. The maximum Gasteiger partial charge on any atom is 0.254 e. The number of aromatic nitrogens is 1. The number of hydrogen-bond acceptors (Lipinski definition) is 4. The number of carbonyl (C=O) groups is 1. The molecule has 0 bridgehead atoms. The van der Waals surface area contributed by atoms with Crippen molar-refractivity contribution in [1.82, 2.24) is 14.8 Å². The van der Waals surface area contributed by atoms with E-state index in [1.54, 1.807) is 6.20 Å². The Hall–Kier alpha value is -1.62. The highest BCUT2D eigenvalue weighted by molar-refractivity contribution is 5.95. The molecular weight excluding hydrogens is 348 g/mol. The first-order valence-corrected chi connectivity index (χ1v) is 11.3. The minimum absolute atomic E-state index is 0.162. The fourth-order valence-corrected chi connectivity index (χ4v) is 5.67. The maximum atomic E-state index is 13.0. The van der Waals surface area contributed by atoms with Crippen molar-refractivity contribution in [1.29, 1.82) is 0 Å². The molecule has 1 spiro atoms. The van der Waals surface area contributed by atoms with Crippen molar-refractivity contribution in [3.63, 3.8) is 0 Å². The quantitative estimate of drug-likeness (QED) is 0.833. The van der Waals surface area contributed by atoms with Gasteiger partial charge in [0.1, 0.15) is 5.82 Å². The lowest BCUT2D eigenvalue weighted by Crippen LogP contribution is -2.45. The van der Waals surface area contributed by atoms with E-state index in [1.807, 2.05) is 19.2 Å². The molecule has 1 N–H and O–H groups in total. The lowest BCUT2D eigenvalue weighted by molar-refractivity contribution is 0.0674. The van der Waals surface area contributed by atoms with Crippen molar-refractivity contribution in [3.05, 3.63) is 23.9 Å². The van der Waals surface area contributed by atoms with E-state index < -0.39 is 0 Å². The molecule has 1 atom stereocenters. The van der Waals surface area contributed by atoms with Gasteiger partial charge in [-0.25, -0.2) is 4.98 Å². The van der Waals surface area contributed by atoms with Gasteiger partial charge in [0.2, 0.25) is 0 Å². The van der Waals surface area contributed by atoms with Gasteiger partial charge in [-0.1, -0.05) is 32.1 Å². The van der Waals surface area contributed by atoms with E-state index in [0.717, 1.165) is 36.8 Å². The van der Waals surface area contributed by atoms with E-state index in [4.69, 9.17) is 0 Å². The van der Waals surface area contributed by atoms with Gasteiger partial charge in [0.25, 0.3) is 5.91 Å². The standard InChI is InChI=1S/C23H36N4O/c1-24-21-16-20(8-12-25-21)22(28)27-15-11-23(18-27)10-5-13-26(17-23)14-9-19-6-3-2-4-7-19/h8,12,16,19H,2-7,9-11,13-15,17-18H2,1H3,(H,24,25)/t23-/m1/s1. The Morgan fingerprint density at radius 3 is 2.86 bits per heavy atom. The molecule has 4 rings (SSSR count). The topological polar surface area (TPSA) is 48.5 Å². The molecule has 3 fully saturated rings. The fraction of sp³-hybridized carbons (Fsp3) is 0.739. The number of hydrogen-bond donors (Lipinski definition) is 1.